The second-order valence-electron chi connectivity index (χ2n) is 7.75. The fourth-order valence-electron chi connectivity index (χ4n) is 2.68. The number of amides is 1. The molecule has 4 heteroatoms. The maximum atomic E-state index is 12.3. The first-order valence-electron chi connectivity index (χ1n) is 9.54. The maximum absolute atomic E-state index is 12.3. The molecule has 0 aliphatic heterocycles. The summed E-state index contributed by atoms with van der Waals surface area (Å²) in [7, 11) is 0. The van der Waals surface area contributed by atoms with Crippen molar-refractivity contribution in [1.82, 2.24) is 5.32 Å². The van der Waals surface area contributed by atoms with Gasteiger partial charge in [0.15, 0.2) is 6.10 Å². The van der Waals surface area contributed by atoms with Crippen LogP contribution >= 0.6 is 0 Å². The van der Waals surface area contributed by atoms with Crippen molar-refractivity contribution in [3.63, 3.8) is 0 Å². The Labute approximate surface area is 162 Å². The van der Waals surface area contributed by atoms with Gasteiger partial charge in [0.2, 0.25) is 0 Å². The number of rotatable bonds is 8. The fourth-order valence-corrected chi connectivity index (χ4v) is 2.68. The lowest BCUT2D eigenvalue weighted by molar-refractivity contribution is -0.128. The van der Waals surface area contributed by atoms with Crippen LogP contribution in [0.3, 0.4) is 0 Å². The zero-order valence-electron chi connectivity index (χ0n) is 17.0. The van der Waals surface area contributed by atoms with Crippen molar-refractivity contribution in [3.05, 3.63) is 59.7 Å². The lowest BCUT2D eigenvalue weighted by Gasteiger charge is -2.19. The van der Waals surface area contributed by atoms with E-state index in [1.54, 1.807) is 0 Å². The predicted octanol–water partition coefficient (Wildman–Crippen LogP) is 4.65. The number of hydrogen-bond donors (Lipinski definition) is 1. The van der Waals surface area contributed by atoms with Crippen LogP contribution < -0.4 is 14.8 Å². The van der Waals surface area contributed by atoms with Crippen LogP contribution in [0.4, 0.5) is 0 Å². The van der Waals surface area contributed by atoms with Crippen LogP contribution in [0, 0.1) is 6.92 Å². The fraction of sp³-hybridized carbons (Fsp3) is 0.435. The Morgan fingerprint density at radius 3 is 2.37 bits per heavy atom. The first-order valence-corrected chi connectivity index (χ1v) is 9.54. The van der Waals surface area contributed by atoms with Crippen molar-refractivity contribution in [1.29, 1.82) is 0 Å². The van der Waals surface area contributed by atoms with Crippen molar-refractivity contribution >= 4 is 5.91 Å². The third-order valence-corrected chi connectivity index (χ3v) is 4.32. The Bertz CT molecular complexity index is 732. The summed E-state index contributed by atoms with van der Waals surface area (Å²) in [6, 6.07) is 15.8. The third-order valence-electron chi connectivity index (χ3n) is 4.32. The highest BCUT2D eigenvalue weighted by molar-refractivity contribution is 5.81. The van der Waals surface area contributed by atoms with Gasteiger partial charge in [0.05, 0.1) is 6.54 Å². The predicted molar refractivity (Wildman–Crippen MR) is 110 cm³/mol. The molecule has 1 N–H and O–H groups in total. The summed E-state index contributed by atoms with van der Waals surface area (Å²) in [5.41, 5.74) is 2.50. The van der Waals surface area contributed by atoms with Gasteiger partial charge < -0.3 is 14.8 Å². The van der Waals surface area contributed by atoms with Gasteiger partial charge in [-0.3, -0.25) is 4.79 Å². The number of aryl methyl sites for hydroxylation is 1. The molecule has 1 amide bonds. The summed E-state index contributed by atoms with van der Waals surface area (Å²) in [6.45, 7) is 11.3. The van der Waals surface area contributed by atoms with E-state index in [0.717, 1.165) is 11.3 Å². The second kappa shape index (κ2) is 9.45. The molecule has 0 bridgehead atoms. The smallest absolute Gasteiger partial charge is 0.261 e. The zero-order chi connectivity index (χ0) is 19.9. The van der Waals surface area contributed by atoms with E-state index < -0.39 is 6.10 Å². The SMILES string of the molecule is CC[C@@H](Oc1cccc(C)c1)C(=O)NCCOc1ccc(C(C)(C)C)cc1. The van der Waals surface area contributed by atoms with Gasteiger partial charge >= 0.3 is 0 Å². The molecule has 0 spiro atoms. The minimum absolute atomic E-state index is 0.120. The Morgan fingerprint density at radius 2 is 1.78 bits per heavy atom. The van der Waals surface area contributed by atoms with Crippen molar-refractivity contribution < 1.29 is 14.3 Å². The molecule has 4 nitrogen and oxygen atoms in total. The highest BCUT2D eigenvalue weighted by Crippen LogP contribution is 2.24. The number of benzene rings is 2. The van der Waals surface area contributed by atoms with Crippen molar-refractivity contribution in [2.75, 3.05) is 13.2 Å². The molecule has 2 aromatic carbocycles. The molecule has 0 saturated heterocycles. The number of nitrogens with one attached hydrogen (secondary N) is 1. The molecule has 146 valence electrons. The van der Waals surface area contributed by atoms with Crippen LogP contribution in [0.15, 0.2) is 48.5 Å². The normalized spacial score (nSPS) is 12.3. The van der Waals surface area contributed by atoms with Gasteiger partial charge in [0.25, 0.3) is 5.91 Å². The Hall–Kier alpha value is -2.49. The topological polar surface area (TPSA) is 47.6 Å². The van der Waals surface area contributed by atoms with E-state index in [1.165, 1.54) is 5.56 Å². The van der Waals surface area contributed by atoms with E-state index in [1.807, 2.05) is 50.2 Å². The largest absolute Gasteiger partial charge is 0.492 e. The summed E-state index contributed by atoms with van der Waals surface area (Å²) in [5.74, 6) is 1.40. The number of carbonyl (C=O) groups excluding carboxylic acids is 1. The standard InChI is InChI=1S/C23H31NO3/c1-6-21(27-20-9-7-8-17(2)16-20)22(25)24-14-15-26-19-12-10-18(11-13-19)23(3,4)5/h7-13,16,21H,6,14-15H2,1-5H3,(H,24,25)/t21-/m1/s1. The minimum Gasteiger partial charge on any atom is -0.492 e. The molecule has 1 atom stereocenters. The van der Waals surface area contributed by atoms with Crippen molar-refractivity contribution in [2.24, 2.45) is 0 Å². The van der Waals surface area contributed by atoms with Gasteiger partial charge in [-0.2, -0.15) is 0 Å². The Morgan fingerprint density at radius 1 is 1.07 bits per heavy atom. The lowest BCUT2D eigenvalue weighted by atomic mass is 9.87. The van der Waals surface area contributed by atoms with Crippen LogP contribution in [0.25, 0.3) is 0 Å². The highest BCUT2D eigenvalue weighted by atomic mass is 16.5. The van der Waals surface area contributed by atoms with E-state index in [0.29, 0.717) is 25.3 Å². The van der Waals surface area contributed by atoms with Crippen molar-refractivity contribution in [2.45, 2.75) is 52.6 Å². The van der Waals surface area contributed by atoms with Gasteiger partial charge in [0, 0.05) is 0 Å². The molecular formula is C23H31NO3. The molecule has 0 aliphatic carbocycles. The van der Waals surface area contributed by atoms with Crippen LogP contribution in [-0.2, 0) is 10.2 Å². The van der Waals surface area contributed by atoms with Crippen LogP contribution in [0.1, 0.15) is 45.2 Å². The van der Waals surface area contributed by atoms with Gasteiger partial charge in [-0.1, -0.05) is 52.0 Å². The number of carbonyl (C=O) groups is 1. The monoisotopic (exact) mass is 369 g/mol. The number of ether oxygens (including phenoxy) is 2. The van der Waals surface area contributed by atoms with Crippen molar-refractivity contribution in [3.8, 4) is 11.5 Å². The Kier molecular flexibility index (Phi) is 7.28. The molecule has 0 aromatic heterocycles. The molecule has 0 saturated carbocycles. The number of hydrogen-bond acceptors (Lipinski definition) is 3. The molecular weight excluding hydrogens is 338 g/mol. The second-order valence-corrected chi connectivity index (χ2v) is 7.75. The first kappa shape index (κ1) is 20.8. The van der Waals surface area contributed by atoms with E-state index in [9.17, 15) is 4.79 Å². The molecule has 2 rings (SSSR count). The molecule has 0 heterocycles. The molecule has 2 aromatic rings. The molecule has 0 radical (unpaired) electrons. The summed E-state index contributed by atoms with van der Waals surface area (Å²) in [5, 5.41) is 2.89. The average molecular weight is 370 g/mol. The minimum atomic E-state index is -0.502. The highest BCUT2D eigenvalue weighted by Gasteiger charge is 2.18. The van der Waals surface area contributed by atoms with E-state index in [2.05, 4.69) is 38.2 Å². The van der Waals surface area contributed by atoms with Gasteiger partial charge in [-0.15, -0.1) is 0 Å². The quantitative estimate of drug-likeness (QED) is 0.689. The van der Waals surface area contributed by atoms with Crippen LogP contribution in [0.2, 0.25) is 0 Å². The van der Waals surface area contributed by atoms with Gasteiger partial charge in [0.1, 0.15) is 18.1 Å². The maximum Gasteiger partial charge on any atom is 0.261 e. The van der Waals surface area contributed by atoms with E-state index >= 15 is 0 Å². The zero-order valence-corrected chi connectivity index (χ0v) is 17.0. The van der Waals surface area contributed by atoms with Gasteiger partial charge in [-0.25, -0.2) is 0 Å². The Balaban J connectivity index is 1.77. The molecule has 27 heavy (non-hydrogen) atoms. The third kappa shape index (κ3) is 6.63. The van der Waals surface area contributed by atoms with Gasteiger partial charge in [-0.05, 0) is 54.2 Å². The first-order chi connectivity index (χ1) is 12.8. The van der Waals surface area contributed by atoms with Crippen LogP contribution in [0.5, 0.6) is 11.5 Å². The lowest BCUT2D eigenvalue weighted by Crippen LogP contribution is -2.39. The summed E-state index contributed by atoms with van der Waals surface area (Å²) in [6.07, 6.45) is 0.104. The van der Waals surface area contributed by atoms with E-state index in [4.69, 9.17) is 9.47 Å². The molecule has 0 fully saturated rings. The molecule has 0 aliphatic rings. The summed E-state index contributed by atoms with van der Waals surface area (Å²) in [4.78, 5) is 12.3. The summed E-state index contributed by atoms with van der Waals surface area (Å²) < 4.78 is 11.5. The average Bonchev–Trinajstić information content (AvgIpc) is 2.63. The molecule has 0 unspecified atom stereocenters. The van der Waals surface area contributed by atoms with Crippen LogP contribution in [-0.4, -0.2) is 25.2 Å². The summed E-state index contributed by atoms with van der Waals surface area (Å²) >= 11 is 0. The van der Waals surface area contributed by atoms with E-state index in [-0.39, 0.29) is 11.3 Å².